The number of amides is 2. The molecule has 0 saturated heterocycles. The quantitative estimate of drug-likeness (QED) is 0.710. The molecule has 2 aromatic carbocycles. The zero-order chi connectivity index (χ0) is 16.7. The van der Waals surface area contributed by atoms with Gasteiger partial charge in [-0.15, -0.1) is 0 Å². The van der Waals surface area contributed by atoms with Gasteiger partial charge in [0.05, 0.1) is 7.05 Å². The average molecular weight is 333 g/mol. The Kier molecular flexibility index (Phi) is 6.14. The lowest BCUT2D eigenvalue weighted by Gasteiger charge is -2.14. The van der Waals surface area contributed by atoms with Crippen molar-refractivity contribution in [3.8, 4) is 0 Å². The molecular formula is C17H19ClN3O2+. The summed E-state index contributed by atoms with van der Waals surface area (Å²) in [6.07, 6.45) is 0. The van der Waals surface area contributed by atoms with Gasteiger partial charge >= 0.3 is 0 Å². The first-order valence-electron chi connectivity index (χ1n) is 7.24. The van der Waals surface area contributed by atoms with Gasteiger partial charge in [0, 0.05) is 16.1 Å². The minimum Gasteiger partial charge on any atom is -0.326 e. The second-order valence-electron chi connectivity index (χ2n) is 5.31. The van der Waals surface area contributed by atoms with Crippen molar-refractivity contribution < 1.29 is 14.5 Å². The van der Waals surface area contributed by atoms with E-state index in [2.05, 4.69) is 10.9 Å². The number of hydrazine groups is 1. The van der Waals surface area contributed by atoms with Crippen LogP contribution >= 0.6 is 11.6 Å². The molecule has 0 bridgehead atoms. The van der Waals surface area contributed by atoms with E-state index in [9.17, 15) is 9.59 Å². The molecule has 0 aromatic heterocycles. The minimum atomic E-state index is -0.341. The molecule has 0 aliphatic carbocycles. The molecule has 5 nitrogen and oxygen atoms in total. The summed E-state index contributed by atoms with van der Waals surface area (Å²) in [5, 5.41) is 0.676. The molecule has 0 heterocycles. The fraction of sp³-hybridized carbons (Fsp3) is 0.176. The van der Waals surface area contributed by atoms with Gasteiger partial charge in [-0.2, -0.15) is 0 Å². The normalized spacial score (nSPS) is 11.6. The molecule has 2 aromatic rings. The van der Waals surface area contributed by atoms with Crippen LogP contribution in [0.3, 0.4) is 0 Å². The highest BCUT2D eigenvalue weighted by atomic mass is 35.5. The topological polar surface area (TPSA) is 62.6 Å². The van der Waals surface area contributed by atoms with Crippen LogP contribution in [-0.2, 0) is 11.3 Å². The van der Waals surface area contributed by atoms with E-state index < -0.39 is 0 Å². The molecule has 2 rings (SSSR count). The highest BCUT2D eigenvalue weighted by Crippen LogP contribution is 2.09. The van der Waals surface area contributed by atoms with Crippen LogP contribution < -0.4 is 15.8 Å². The molecule has 1 unspecified atom stereocenters. The first-order chi connectivity index (χ1) is 11.0. The fourth-order valence-corrected chi connectivity index (χ4v) is 2.38. The van der Waals surface area contributed by atoms with Crippen LogP contribution in [0.25, 0.3) is 0 Å². The summed E-state index contributed by atoms with van der Waals surface area (Å²) in [7, 11) is 1.90. The summed E-state index contributed by atoms with van der Waals surface area (Å²) in [4.78, 5) is 24.7. The van der Waals surface area contributed by atoms with Crippen molar-refractivity contribution in [2.45, 2.75) is 6.54 Å². The molecule has 120 valence electrons. The lowest BCUT2D eigenvalue weighted by Crippen LogP contribution is -3.09. The van der Waals surface area contributed by atoms with Crippen molar-refractivity contribution in [1.82, 2.24) is 10.9 Å². The Morgan fingerprint density at radius 1 is 1.04 bits per heavy atom. The Hall–Kier alpha value is -2.37. The SMILES string of the molecule is C[NH+](CC(=O)NNC(=O)c1ccccc1)Cc1cccc(Cl)c1. The zero-order valence-corrected chi connectivity index (χ0v) is 13.6. The van der Waals surface area contributed by atoms with Crippen LogP contribution in [0.2, 0.25) is 5.02 Å². The number of likely N-dealkylation sites (N-methyl/N-ethyl adjacent to an activating group) is 1. The van der Waals surface area contributed by atoms with Crippen LogP contribution in [0.4, 0.5) is 0 Å². The van der Waals surface area contributed by atoms with Crippen molar-refractivity contribution in [1.29, 1.82) is 0 Å². The molecular weight excluding hydrogens is 314 g/mol. The molecule has 0 radical (unpaired) electrons. The molecule has 0 fully saturated rings. The predicted octanol–water partition coefficient (Wildman–Crippen LogP) is 0.816. The van der Waals surface area contributed by atoms with Gasteiger partial charge in [0.2, 0.25) is 0 Å². The van der Waals surface area contributed by atoms with Gasteiger partial charge in [0.15, 0.2) is 6.54 Å². The Bertz CT molecular complexity index is 677. The predicted molar refractivity (Wildman–Crippen MR) is 89.0 cm³/mol. The maximum Gasteiger partial charge on any atom is 0.293 e. The van der Waals surface area contributed by atoms with Crippen molar-refractivity contribution in [3.05, 3.63) is 70.7 Å². The number of carbonyl (C=O) groups is 2. The first-order valence-corrected chi connectivity index (χ1v) is 7.62. The molecule has 23 heavy (non-hydrogen) atoms. The Morgan fingerprint density at radius 2 is 1.78 bits per heavy atom. The molecule has 2 amide bonds. The number of hydrogen-bond donors (Lipinski definition) is 3. The highest BCUT2D eigenvalue weighted by molar-refractivity contribution is 6.30. The van der Waals surface area contributed by atoms with Gasteiger partial charge in [-0.3, -0.25) is 20.4 Å². The number of hydrogen-bond acceptors (Lipinski definition) is 2. The third-order valence-electron chi connectivity index (χ3n) is 3.21. The van der Waals surface area contributed by atoms with E-state index in [1.54, 1.807) is 24.3 Å². The number of benzene rings is 2. The summed E-state index contributed by atoms with van der Waals surface area (Å²) in [5.74, 6) is -0.597. The average Bonchev–Trinajstić information content (AvgIpc) is 2.53. The molecule has 0 aliphatic rings. The zero-order valence-electron chi connectivity index (χ0n) is 12.8. The van der Waals surface area contributed by atoms with E-state index in [1.807, 2.05) is 37.4 Å². The van der Waals surface area contributed by atoms with E-state index in [1.165, 1.54) is 0 Å². The summed E-state index contributed by atoms with van der Waals surface area (Å²) in [6.45, 7) is 0.905. The monoisotopic (exact) mass is 332 g/mol. The third-order valence-corrected chi connectivity index (χ3v) is 3.44. The lowest BCUT2D eigenvalue weighted by atomic mass is 10.2. The van der Waals surface area contributed by atoms with E-state index in [0.29, 0.717) is 17.1 Å². The molecule has 3 N–H and O–H groups in total. The molecule has 0 spiro atoms. The van der Waals surface area contributed by atoms with Gasteiger partial charge < -0.3 is 4.90 Å². The van der Waals surface area contributed by atoms with Gasteiger partial charge in [-0.05, 0) is 24.3 Å². The van der Waals surface area contributed by atoms with Gasteiger partial charge in [-0.1, -0.05) is 41.9 Å². The van der Waals surface area contributed by atoms with Crippen molar-refractivity contribution in [2.75, 3.05) is 13.6 Å². The molecule has 0 saturated carbocycles. The highest BCUT2D eigenvalue weighted by Gasteiger charge is 2.12. The van der Waals surface area contributed by atoms with Crippen LogP contribution in [0, 0.1) is 0 Å². The van der Waals surface area contributed by atoms with Gasteiger partial charge in [0.25, 0.3) is 11.8 Å². The summed E-state index contributed by atoms with van der Waals surface area (Å²) < 4.78 is 0. The van der Waals surface area contributed by atoms with Crippen LogP contribution in [0.5, 0.6) is 0 Å². The smallest absolute Gasteiger partial charge is 0.293 e. The summed E-state index contributed by atoms with van der Waals surface area (Å²) in [5.41, 5.74) is 6.37. The van der Waals surface area contributed by atoms with E-state index in [-0.39, 0.29) is 18.4 Å². The Morgan fingerprint density at radius 3 is 2.48 bits per heavy atom. The Balaban J connectivity index is 1.77. The number of carbonyl (C=O) groups excluding carboxylic acids is 2. The van der Waals surface area contributed by atoms with Crippen LogP contribution in [0.15, 0.2) is 54.6 Å². The summed E-state index contributed by atoms with van der Waals surface area (Å²) >= 11 is 5.94. The second kappa shape index (κ2) is 8.31. The maximum absolute atomic E-state index is 11.9. The molecule has 6 heteroatoms. The first kappa shape index (κ1) is 17.0. The van der Waals surface area contributed by atoms with Crippen molar-refractivity contribution >= 4 is 23.4 Å². The Labute approximate surface area is 140 Å². The fourth-order valence-electron chi connectivity index (χ4n) is 2.16. The number of halogens is 1. The van der Waals surface area contributed by atoms with Gasteiger partial charge in [0.1, 0.15) is 6.54 Å². The van der Waals surface area contributed by atoms with Crippen molar-refractivity contribution in [3.63, 3.8) is 0 Å². The van der Waals surface area contributed by atoms with E-state index in [4.69, 9.17) is 11.6 Å². The second-order valence-corrected chi connectivity index (χ2v) is 5.75. The number of nitrogens with one attached hydrogen (secondary N) is 3. The number of rotatable bonds is 5. The van der Waals surface area contributed by atoms with Crippen LogP contribution in [-0.4, -0.2) is 25.4 Å². The number of quaternary nitrogens is 1. The van der Waals surface area contributed by atoms with Gasteiger partial charge in [-0.25, -0.2) is 0 Å². The van der Waals surface area contributed by atoms with Crippen LogP contribution in [0.1, 0.15) is 15.9 Å². The summed E-state index contributed by atoms with van der Waals surface area (Å²) in [6, 6.07) is 16.2. The minimum absolute atomic E-state index is 0.238. The molecule has 0 aliphatic heterocycles. The maximum atomic E-state index is 11.9. The van der Waals surface area contributed by atoms with E-state index >= 15 is 0 Å². The largest absolute Gasteiger partial charge is 0.326 e. The molecule has 1 atom stereocenters. The lowest BCUT2D eigenvalue weighted by molar-refractivity contribution is -0.885. The van der Waals surface area contributed by atoms with E-state index in [0.717, 1.165) is 10.5 Å². The standard InChI is InChI=1S/C17H18ClN3O2/c1-21(11-13-6-5-9-15(18)10-13)12-16(22)19-20-17(23)14-7-3-2-4-8-14/h2-10H,11-12H2,1H3,(H,19,22)(H,20,23)/p+1. The van der Waals surface area contributed by atoms with Crippen molar-refractivity contribution in [2.24, 2.45) is 0 Å². The third kappa shape index (κ3) is 5.73.